The second-order valence-electron chi connectivity index (χ2n) is 4.92. The molecule has 1 aliphatic heterocycles. The molecule has 2 heterocycles. The lowest BCUT2D eigenvalue weighted by Gasteiger charge is -2.19. The number of hydrogen-bond donors (Lipinski definition) is 1. The van der Waals surface area contributed by atoms with Crippen LogP contribution in [0.5, 0.6) is 0 Å². The van der Waals surface area contributed by atoms with Gasteiger partial charge in [0.05, 0.1) is 18.1 Å². The van der Waals surface area contributed by atoms with Crippen LogP contribution in [0.1, 0.15) is 33.0 Å². The van der Waals surface area contributed by atoms with Gasteiger partial charge < -0.3 is 14.7 Å². The zero-order valence-corrected chi connectivity index (χ0v) is 11.2. The molecular formula is C13H15NO4S. The van der Waals surface area contributed by atoms with Gasteiger partial charge in [-0.15, -0.1) is 11.3 Å². The Morgan fingerprint density at radius 3 is 2.89 bits per heavy atom. The Bertz CT molecular complexity index is 497. The second kappa shape index (κ2) is 4.94. The molecule has 1 fully saturated rings. The van der Waals surface area contributed by atoms with Crippen LogP contribution >= 0.6 is 11.3 Å². The number of ether oxygens (including phenoxy) is 1. The summed E-state index contributed by atoms with van der Waals surface area (Å²) in [4.78, 5) is 26.6. The van der Waals surface area contributed by atoms with Crippen molar-refractivity contribution in [2.24, 2.45) is 0 Å². The molecule has 102 valence electrons. The van der Waals surface area contributed by atoms with Crippen molar-refractivity contribution in [1.29, 1.82) is 0 Å². The third kappa shape index (κ3) is 2.64. The topological polar surface area (TPSA) is 66.8 Å². The Morgan fingerprint density at radius 1 is 1.47 bits per heavy atom. The van der Waals surface area contributed by atoms with Gasteiger partial charge in [-0.25, -0.2) is 0 Å². The molecule has 1 amide bonds. The smallest absolute Gasteiger partial charge is 0.323 e. The summed E-state index contributed by atoms with van der Waals surface area (Å²) in [5, 5.41) is 8.91. The first-order chi connectivity index (χ1) is 9.15. The average molecular weight is 281 g/mol. The molecule has 19 heavy (non-hydrogen) atoms. The van der Waals surface area contributed by atoms with Gasteiger partial charge in [0.1, 0.15) is 6.54 Å². The van der Waals surface area contributed by atoms with Crippen molar-refractivity contribution in [3.8, 4) is 0 Å². The second-order valence-corrected chi connectivity index (χ2v) is 6.06. The van der Waals surface area contributed by atoms with Gasteiger partial charge >= 0.3 is 5.97 Å². The van der Waals surface area contributed by atoms with Gasteiger partial charge in [-0.2, -0.15) is 0 Å². The zero-order valence-electron chi connectivity index (χ0n) is 10.4. The fourth-order valence-electron chi connectivity index (χ4n) is 2.29. The predicted octanol–water partition coefficient (Wildman–Crippen LogP) is 1.51. The van der Waals surface area contributed by atoms with E-state index < -0.39 is 5.97 Å². The van der Waals surface area contributed by atoms with Crippen molar-refractivity contribution >= 4 is 23.2 Å². The monoisotopic (exact) mass is 281 g/mol. The highest BCUT2D eigenvalue weighted by Gasteiger charge is 2.35. The SMILES string of the molecule is O=C(O)CN(C(=O)c1cc2c(s1)CCOC2)C1CC1. The molecule has 0 atom stereocenters. The van der Waals surface area contributed by atoms with Crippen molar-refractivity contribution in [3.63, 3.8) is 0 Å². The Kier molecular flexibility index (Phi) is 3.28. The molecular weight excluding hydrogens is 266 g/mol. The van der Waals surface area contributed by atoms with E-state index in [4.69, 9.17) is 9.84 Å². The summed E-state index contributed by atoms with van der Waals surface area (Å²) in [6.45, 7) is 1.05. The summed E-state index contributed by atoms with van der Waals surface area (Å²) in [6, 6.07) is 1.97. The first-order valence-corrected chi connectivity index (χ1v) is 7.19. The Hall–Kier alpha value is -1.40. The van der Waals surface area contributed by atoms with E-state index in [1.54, 1.807) is 0 Å². The molecule has 1 aromatic heterocycles. The molecule has 0 aromatic carbocycles. The maximum atomic E-state index is 12.4. The van der Waals surface area contributed by atoms with Gasteiger partial charge in [0, 0.05) is 17.3 Å². The molecule has 0 spiro atoms. The minimum Gasteiger partial charge on any atom is -0.480 e. The van der Waals surface area contributed by atoms with Crippen molar-refractivity contribution < 1.29 is 19.4 Å². The van der Waals surface area contributed by atoms with E-state index in [0.29, 0.717) is 18.1 Å². The molecule has 1 saturated carbocycles. The van der Waals surface area contributed by atoms with Gasteiger partial charge in [-0.3, -0.25) is 9.59 Å². The number of thiophene rings is 1. The highest BCUT2D eigenvalue weighted by molar-refractivity contribution is 7.14. The molecule has 6 heteroatoms. The quantitative estimate of drug-likeness (QED) is 0.908. The van der Waals surface area contributed by atoms with Crippen LogP contribution in [0.25, 0.3) is 0 Å². The fourth-order valence-corrected chi connectivity index (χ4v) is 3.40. The molecule has 0 bridgehead atoms. The molecule has 0 radical (unpaired) electrons. The van der Waals surface area contributed by atoms with Crippen LogP contribution < -0.4 is 0 Å². The normalized spacial score (nSPS) is 17.9. The average Bonchev–Trinajstić information content (AvgIpc) is 3.13. The third-order valence-corrected chi connectivity index (χ3v) is 4.62. The van der Waals surface area contributed by atoms with Crippen LogP contribution in [0.3, 0.4) is 0 Å². The van der Waals surface area contributed by atoms with Gasteiger partial charge in [-0.1, -0.05) is 0 Å². The Balaban J connectivity index is 1.81. The molecule has 1 aromatic rings. The summed E-state index contributed by atoms with van der Waals surface area (Å²) in [7, 11) is 0. The van der Waals surface area contributed by atoms with E-state index >= 15 is 0 Å². The molecule has 0 unspecified atom stereocenters. The lowest BCUT2D eigenvalue weighted by Crippen LogP contribution is -2.37. The number of fused-ring (bicyclic) bond motifs is 1. The van der Waals surface area contributed by atoms with Crippen LogP contribution in [0.4, 0.5) is 0 Å². The summed E-state index contributed by atoms with van der Waals surface area (Å²) < 4.78 is 5.36. The van der Waals surface area contributed by atoms with E-state index in [1.165, 1.54) is 21.1 Å². The fraction of sp³-hybridized carbons (Fsp3) is 0.538. The van der Waals surface area contributed by atoms with Gasteiger partial charge in [0.15, 0.2) is 0 Å². The first-order valence-electron chi connectivity index (χ1n) is 6.37. The maximum Gasteiger partial charge on any atom is 0.323 e. The van der Waals surface area contributed by atoms with Crippen molar-refractivity contribution in [2.45, 2.75) is 31.9 Å². The highest BCUT2D eigenvalue weighted by atomic mass is 32.1. The van der Waals surface area contributed by atoms with Gasteiger partial charge in [-0.05, 0) is 24.5 Å². The first kappa shape index (κ1) is 12.6. The lowest BCUT2D eigenvalue weighted by molar-refractivity contribution is -0.137. The number of rotatable bonds is 4. The van der Waals surface area contributed by atoms with Crippen LogP contribution in [0, 0.1) is 0 Å². The number of nitrogens with zero attached hydrogens (tertiary/aromatic N) is 1. The highest BCUT2D eigenvalue weighted by Crippen LogP contribution is 2.32. The van der Waals surface area contributed by atoms with Crippen LogP contribution in [0.15, 0.2) is 6.07 Å². The van der Waals surface area contributed by atoms with Gasteiger partial charge in [0.25, 0.3) is 5.91 Å². The molecule has 1 N–H and O–H groups in total. The summed E-state index contributed by atoms with van der Waals surface area (Å²) >= 11 is 1.48. The van der Waals surface area contributed by atoms with E-state index in [1.807, 2.05) is 6.07 Å². The van der Waals surface area contributed by atoms with Crippen LogP contribution in [-0.4, -0.2) is 41.1 Å². The largest absolute Gasteiger partial charge is 0.480 e. The van der Waals surface area contributed by atoms with Crippen molar-refractivity contribution in [2.75, 3.05) is 13.2 Å². The summed E-state index contributed by atoms with van der Waals surface area (Å²) in [6.07, 6.45) is 2.66. The number of aliphatic carboxylic acids is 1. The Morgan fingerprint density at radius 2 is 2.26 bits per heavy atom. The standard InChI is InChI=1S/C13H15NO4S/c15-12(16)6-14(9-1-2-9)13(17)11-5-8-7-18-4-3-10(8)19-11/h5,9H,1-4,6-7H2,(H,15,16). The van der Waals surface area contributed by atoms with Crippen molar-refractivity contribution in [1.82, 2.24) is 4.90 Å². The molecule has 2 aliphatic rings. The maximum absolute atomic E-state index is 12.4. The number of amides is 1. The van der Waals surface area contributed by atoms with E-state index in [2.05, 4.69) is 0 Å². The zero-order chi connectivity index (χ0) is 13.4. The number of carbonyl (C=O) groups is 2. The molecule has 0 saturated heterocycles. The number of carbonyl (C=O) groups excluding carboxylic acids is 1. The van der Waals surface area contributed by atoms with E-state index in [9.17, 15) is 9.59 Å². The Labute approximate surface area is 114 Å². The molecule has 1 aliphatic carbocycles. The van der Waals surface area contributed by atoms with Gasteiger partial charge in [0.2, 0.25) is 0 Å². The molecule has 5 nitrogen and oxygen atoms in total. The minimum absolute atomic E-state index is 0.110. The summed E-state index contributed by atoms with van der Waals surface area (Å²) in [5.74, 6) is -1.10. The van der Waals surface area contributed by atoms with Crippen LogP contribution in [0.2, 0.25) is 0 Å². The number of carboxylic acids is 1. The summed E-state index contributed by atoms with van der Waals surface area (Å²) in [5.41, 5.74) is 1.07. The number of hydrogen-bond acceptors (Lipinski definition) is 4. The molecule has 3 rings (SSSR count). The van der Waals surface area contributed by atoms with E-state index in [-0.39, 0.29) is 18.5 Å². The minimum atomic E-state index is -0.954. The van der Waals surface area contributed by atoms with Crippen molar-refractivity contribution in [3.05, 3.63) is 21.4 Å². The van der Waals surface area contributed by atoms with Crippen LogP contribution in [-0.2, 0) is 22.6 Å². The van der Waals surface area contributed by atoms with E-state index in [0.717, 1.165) is 24.8 Å². The number of carboxylic acid groups (broad SMARTS) is 1. The predicted molar refractivity (Wildman–Crippen MR) is 69.4 cm³/mol. The lowest BCUT2D eigenvalue weighted by atomic mass is 10.2. The third-order valence-electron chi connectivity index (χ3n) is 3.39.